The lowest BCUT2D eigenvalue weighted by molar-refractivity contribution is 0.830. The summed E-state index contributed by atoms with van der Waals surface area (Å²) in [4.78, 5) is 4.56. The van der Waals surface area contributed by atoms with Crippen LogP contribution < -0.4 is 5.73 Å². The van der Waals surface area contributed by atoms with Gasteiger partial charge in [-0.25, -0.2) is 0 Å². The summed E-state index contributed by atoms with van der Waals surface area (Å²) in [7, 11) is 0. The summed E-state index contributed by atoms with van der Waals surface area (Å²) in [6.45, 7) is 6.19. The molecule has 0 aliphatic rings. The Morgan fingerprint density at radius 3 is 2.56 bits per heavy atom. The molecule has 0 saturated carbocycles. The van der Waals surface area contributed by atoms with Crippen molar-refractivity contribution in [1.82, 2.24) is 4.98 Å². The van der Waals surface area contributed by atoms with Crippen LogP contribution in [0.1, 0.15) is 31.0 Å². The molecule has 16 heavy (non-hydrogen) atoms. The molecule has 0 radical (unpaired) electrons. The predicted molar refractivity (Wildman–Crippen MR) is 70.0 cm³/mol. The van der Waals surface area contributed by atoms with Crippen LogP contribution in [0.2, 0.25) is 5.02 Å². The Kier molecular flexibility index (Phi) is 2.76. The molecular formula is C13H15ClN2. The Balaban J connectivity index is 2.82. The number of aryl methyl sites for hydroxylation is 1. The first-order valence-electron chi connectivity index (χ1n) is 5.35. The number of nitrogens with zero attached hydrogens (tertiary/aromatic N) is 1. The molecule has 0 bridgehead atoms. The molecule has 2 N–H and O–H groups in total. The van der Waals surface area contributed by atoms with E-state index in [1.807, 2.05) is 25.1 Å². The molecule has 0 atom stereocenters. The Labute approximate surface area is 100 Å². The van der Waals surface area contributed by atoms with Crippen LogP contribution in [-0.2, 0) is 0 Å². The van der Waals surface area contributed by atoms with Crippen LogP contribution in [0.5, 0.6) is 0 Å². The van der Waals surface area contributed by atoms with E-state index in [9.17, 15) is 0 Å². The van der Waals surface area contributed by atoms with Gasteiger partial charge in [0, 0.05) is 16.8 Å². The van der Waals surface area contributed by atoms with Gasteiger partial charge in [-0.2, -0.15) is 0 Å². The molecule has 3 heteroatoms. The molecule has 0 spiro atoms. The van der Waals surface area contributed by atoms with E-state index in [0.29, 0.717) is 10.9 Å². The highest BCUT2D eigenvalue weighted by molar-refractivity contribution is 6.35. The van der Waals surface area contributed by atoms with Crippen molar-refractivity contribution in [3.63, 3.8) is 0 Å². The average Bonchev–Trinajstić information content (AvgIpc) is 2.19. The summed E-state index contributed by atoms with van der Waals surface area (Å²) in [6.07, 6.45) is 0. The molecule has 0 amide bonds. The highest BCUT2D eigenvalue weighted by Crippen LogP contribution is 2.30. The average molecular weight is 235 g/mol. The summed E-state index contributed by atoms with van der Waals surface area (Å²) in [6, 6.07) is 5.87. The fraction of sp³-hybridized carbons (Fsp3) is 0.308. The zero-order chi connectivity index (χ0) is 11.9. The van der Waals surface area contributed by atoms with Crippen LogP contribution in [0.4, 0.5) is 5.69 Å². The third kappa shape index (κ3) is 1.85. The number of hydrogen-bond donors (Lipinski definition) is 1. The fourth-order valence-electron chi connectivity index (χ4n) is 1.76. The molecule has 1 aromatic carbocycles. The number of pyridine rings is 1. The van der Waals surface area contributed by atoms with Crippen LogP contribution in [0.15, 0.2) is 18.2 Å². The molecule has 2 nitrogen and oxygen atoms in total. The van der Waals surface area contributed by atoms with E-state index in [-0.39, 0.29) is 0 Å². The molecule has 1 heterocycles. The van der Waals surface area contributed by atoms with Gasteiger partial charge in [0.05, 0.1) is 10.5 Å². The molecule has 2 rings (SSSR count). The maximum Gasteiger partial charge on any atom is 0.0912 e. The minimum Gasteiger partial charge on any atom is -0.398 e. The first-order valence-corrected chi connectivity index (χ1v) is 5.73. The third-order valence-corrected chi connectivity index (χ3v) is 2.94. The number of aromatic nitrogens is 1. The predicted octanol–water partition coefficient (Wildman–Crippen LogP) is 3.90. The van der Waals surface area contributed by atoms with E-state index in [2.05, 4.69) is 18.8 Å². The second-order valence-corrected chi connectivity index (χ2v) is 4.84. The SMILES string of the molecule is Cc1cc(Cl)c2nc(C(C)C)cc(N)c2c1. The van der Waals surface area contributed by atoms with E-state index in [4.69, 9.17) is 17.3 Å². The summed E-state index contributed by atoms with van der Waals surface area (Å²) < 4.78 is 0. The lowest BCUT2D eigenvalue weighted by Crippen LogP contribution is -1.98. The first kappa shape index (κ1) is 11.2. The second-order valence-electron chi connectivity index (χ2n) is 4.43. The van der Waals surface area contributed by atoms with Gasteiger partial charge in [0.15, 0.2) is 0 Å². The van der Waals surface area contributed by atoms with Crippen molar-refractivity contribution in [2.24, 2.45) is 0 Å². The Hall–Kier alpha value is -1.28. The quantitative estimate of drug-likeness (QED) is 0.813. The Morgan fingerprint density at radius 1 is 1.25 bits per heavy atom. The van der Waals surface area contributed by atoms with Crippen LogP contribution >= 0.6 is 11.6 Å². The molecule has 2 aromatic rings. The smallest absolute Gasteiger partial charge is 0.0912 e. The number of benzene rings is 1. The van der Waals surface area contributed by atoms with E-state index in [0.717, 1.165) is 27.8 Å². The van der Waals surface area contributed by atoms with E-state index < -0.39 is 0 Å². The van der Waals surface area contributed by atoms with Crippen LogP contribution in [0, 0.1) is 6.92 Å². The molecule has 0 aliphatic carbocycles. The lowest BCUT2D eigenvalue weighted by Gasteiger charge is -2.10. The van der Waals surface area contributed by atoms with Gasteiger partial charge in [-0.15, -0.1) is 0 Å². The topological polar surface area (TPSA) is 38.9 Å². The number of fused-ring (bicyclic) bond motifs is 1. The zero-order valence-electron chi connectivity index (χ0n) is 9.71. The van der Waals surface area contributed by atoms with Crippen molar-refractivity contribution in [3.8, 4) is 0 Å². The first-order chi connectivity index (χ1) is 7.49. The monoisotopic (exact) mass is 234 g/mol. The minimum atomic E-state index is 0.351. The fourth-order valence-corrected chi connectivity index (χ4v) is 2.08. The van der Waals surface area contributed by atoms with Gasteiger partial charge >= 0.3 is 0 Å². The van der Waals surface area contributed by atoms with Crippen molar-refractivity contribution in [1.29, 1.82) is 0 Å². The second kappa shape index (κ2) is 3.95. The van der Waals surface area contributed by atoms with E-state index in [1.54, 1.807) is 0 Å². The molecule has 0 saturated heterocycles. The summed E-state index contributed by atoms with van der Waals surface area (Å²) in [5.41, 5.74) is 9.67. The molecule has 1 aromatic heterocycles. The zero-order valence-corrected chi connectivity index (χ0v) is 10.5. The van der Waals surface area contributed by atoms with Crippen LogP contribution in [0.25, 0.3) is 10.9 Å². The standard InChI is InChI=1S/C13H15ClN2/c1-7(2)12-6-11(15)9-4-8(3)5-10(14)13(9)16-12/h4-7H,1-3H3,(H2,15,16). The molecule has 0 unspecified atom stereocenters. The van der Waals surface area contributed by atoms with Crippen LogP contribution in [-0.4, -0.2) is 4.98 Å². The van der Waals surface area contributed by atoms with Crippen molar-refractivity contribution < 1.29 is 0 Å². The minimum absolute atomic E-state index is 0.351. The largest absolute Gasteiger partial charge is 0.398 e. The lowest BCUT2D eigenvalue weighted by atomic mass is 10.1. The van der Waals surface area contributed by atoms with Crippen molar-refractivity contribution in [2.45, 2.75) is 26.7 Å². The number of nitrogen functional groups attached to an aromatic ring is 1. The maximum absolute atomic E-state index is 6.19. The normalized spacial score (nSPS) is 11.3. The number of rotatable bonds is 1. The highest BCUT2D eigenvalue weighted by atomic mass is 35.5. The highest BCUT2D eigenvalue weighted by Gasteiger charge is 2.09. The summed E-state index contributed by atoms with van der Waals surface area (Å²) in [5, 5.41) is 1.61. The van der Waals surface area contributed by atoms with Crippen molar-refractivity contribution >= 4 is 28.2 Å². The Bertz CT molecular complexity index is 547. The van der Waals surface area contributed by atoms with Crippen LogP contribution in [0.3, 0.4) is 0 Å². The Morgan fingerprint density at radius 2 is 1.94 bits per heavy atom. The van der Waals surface area contributed by atoms with Gasteiger partial charge in [0.1, 0.15) is 0 Å². The third-order valence-electron chi connectivity index (χ3n) is 2.65. The van der Waals surface area contributed by atoms with Gasteiger partial charge in [0.25, 0.3) is 0 Å². The van der Waals surface area contributed by atoms with Gasteiger partial charge in [-0.05, 0) is 36.6 Å². The van der Waals surface area contributed by atoms with E-state index >= 15 is 0 Å². The van der Waals surface area contributed by atoms with Gasteiger partial charge in [-0.1, -0.05) is 25.4 Å². The van der Waals surface area contributed by atoms with Crippen molar-refractivity contribution in [3.05, 3.63) is 34.5 Å². The number of halogens is 1. The van der Waals surface area contributed by atoms with Gasteiger partial charge in [0.2, 0.25) is 0 Å². The molecule has 84 valence electrons. The van der Waals surface area contributed by atoms with Gasteiger partial charge < -0.3 is 5.73 Å². The number of anilines is 1. The summed E-state index contributed by atoms with van der Waals surface area (Å²) >= 11 is 6.19. The summed E-state index contributed by atoms with van der Waals surface area (Å²) in [5.74, 6) is 0.351. The molecule has 0 aliphatic heterocycles. The maximum atomic E-state index is 6.19. The number of nitrogens with two attached hydrogens (primary N) is 1. The van der Waals surface area contributed by atoms with Crippen molar-refractivity contribution in [2.75, 3.05) is 5.73 Å². The molecular weight excluding hydrogens is 220 g/mol. The molecule has 0 fully saturated rings. The van der Waals surface area contributed by atoms with Gasteiger partial charge in [-0.3, -0.25) is 4.98 Å². The van der Waals surface area contributed by atoms with E-state index in [1.165, 1.54) is 0 Å². The number of hydrogen-bond acceptors (Lipinski definition) is 2.